The third-order valence-electron chi connectivity index (χ3n) is 3.87. The van der Waals surface area contributed by atoms with Crippen molar-refractivity contribution in [1.29, 1.82) is 5.26 Å². The van der Waals surface area contributed by atoms with Crippen LogP contribution in [0.2, 0.25) is 0 Å². The van der Waals surface area contributed by atoms with Crippen LogP contribution in [0.3, 0.4) is 0 Å². The zero-order valence-electron chi connectivity index (χ0n) is 9.52. The van der Waals surface area contributed by atoms with Crippen LogP contribution in [0.15, 0.2) is 24.3 Å². The highest BCUT2D eigenvalue weighted by atomic mass is 16.1. The van der Waals surface area contributed by atoms with E-state index in [1.165, 1.54) is 6.42 Å². The second-order valence-corrected chi connectivity index (χ2v) is 5.11. The molecule has 1 amide bonds. The van der Waals surface area contributed by atoms with Gasteiger partial charge in [0.1, 0.15) is 0 Å². The predicted octanol–water partition coefficient (Wildman–Crippen LogP) is 2.54. The Labute approximate surface area is 100 Å². The Morgan fingerprint density at radius 2 is 2.06 bits per heavy atom. The molecule has 1 N–H and O–H groups in total. The van der Waals surface area contributed by atoms with Gasteiger partial charge in [-0.1, -0.05) is 6.07 Å². The number of carbonyl (C=O) groups is 1. The quantitative estimate of drug-likeness (QED) is 0.842. The Kier molecular flexibility index (Phi) is 2.36. The topological polar surface area (TPSA) is 52.9 Å². The summed E-state index contributed by atoms with van der Waals surface area (Å²) in [6, 6.07) is 9.15. The van der Waals surface area contributed by atoms with Crippen molar-refractivity contribution in [1.82, 2.24) is 0 Å². The standard InChI is InChI=1S/C14H14N2O/c15-8-9-2-1-3-13(4-9)16-14(17)12-6-10-5-11(10)7-12/h1-4,10-12H,5-7H2,(H,16,17). The summed E-state index contributed by atoms with van der Waals surface area (Å²) in [6.07, 6.45) is 3.43. The van der Waals surface area contributed by atoms with Crippen LogP contribution < -0.4 is 5.32 Å². The van der Waals surface area contributed by atoms with Crippen molar-refractivity contribution in [3.63, 3.8) is 0 Å². The van der Waals surface area contributed by atoms with Crippen LogP contribution in [0.25, 0.3) is 0 Å². The SMILES string of the molecule is N#Cc1cccc(NC(=O)C2CC3CC3C2)c1. The van der Waals surface area contributed by atoms with Gasteiger partial charge in [0, 0.05) is 11.6 Å². The molecule has 0 spiro atoms. The highest BCUT2D eigenvalue weighted by Crippen LogP contribution is 2.54. The molecular formula is C14H14N2O. The number of benzene rings is 1. The van der Waals surface area contributed by atoms with Crippen molar-refractivity contribution in [2.75, 3.05) is 5.32 Å². The summed E-state index contributed by atoms with van der Waals surface area (Å²) < 4.78 is 0. The third kappa shape index (κ3) is 2.03. The summed E-state index contributed by atoms with van der Waals surface area (Å²) in [7, 11) is 0. The lowest BCUT2D eigenvalue weighted by Gasteiger charge is -2.12. The fourth-order valence-corrected chi connectivity index (χ4v) is 2.84. The molecule has 2 unspecified atom stereocenters. The van der Waals surface area contributed by atoms with Crippen molar-refractivity contribution in [3.8, 4) is 6.07 Å². The smallest absolute Gasteiger partial charge is 0.227 e. The van der Waals surface area contributed by atoms with Gasteiger partial charge < -0.3 is 5.32 Å². The summed E-state index contributed by atoms with van der Waals surface area (Å²) in [5, 5.41) is 11.7. The van der Waals surface area contributed by atoms with E-state index in [-0.39, 0.29) is 11.8 Å². The molecule has 0 saturated heterocycles. The molecule has 2 aliphatic rings. The molecule has 2 aliphatic carbocycles. The van der Waals surface area contributed by atoms with E-state index < -0.39 is 0 Å². The van der Waals surface area contributed by atoms with Gasteiger partial charge in [0.05, 0.1) is 11.6 Å². The summed E-state index contributed by atoms with van der Waals surface area (Å²) >= 11 is 0. The summed E-state index contributed by atoms with van der Waals surface area (Å²) in [6.45, 7) is 0. The van der Waals surface area contributed by atoms with Crippen molar-refractivity contribution < 1.29 is 4.79 Å². The van der Waals surface area contributed by atoms with Crippen LogP contribution in [0.1, 0.15) is 24.8 Å². The Morgan fingerprint density at radius 3 is 2.76 bits per heavy atom. The van der Waals surface area contributed by atoms with Crippen LogP contribution in [-0.4, -0.2) is 5.91 Å². The minimum atomic E-state index is 0.118. The van der Waals surface area contributed by atoms with Gasteiger partial charge in [0.2, 0.25) is 5.91 Å². The maximum absolute atomic E-state index is 12.0. The van der Waals surface area contributed by atoms with E-state index in [9.17, 15) is 4.79 Å². The van der Waals surface area contributed by atoms with E-state index in [1.807, 2.05) is 6.07 Å². The molecule has 17 heavy (non-hydrogen) atoms. The first kappa shape index (κ1) is 10.3. The van der Waals surface area contributed by atoms with Gasteiger partial charge in [-0.05, 0) is 49.3 Å². The summed E-state index contributed by atoms with van der Waals surface area (Å²) in [5.74, 6) is 1.93. The molecule has 1 aromatic rings. The molecule has 3 heteroatoms. The van der Waals surface area contributed by atoms with Crippen molar-refractivity contribution in [2.45, 2.75) is 19.3 Å². The monoisotopic (exact) mass is 226 g/mol. The van der Waals surface area contributed by atoms with Crippen LogP contribution in [0, 0.1) is 29.1 Å². The van der Waals surface area contributed by atoms with Gasteiger partial charge in [-0.3, -0.25) is 4.79 Å². The van der Waals surface area contributed by atoms with Crippen LogP contribution in [-0.2, 0) is 4.79 Å². The molecular weight excluding hydrogens is 212 g/mol. The Bertz CT molecular complexity index is 493. The molecule has 2 atom stereocenters. The van der Waals surface area contributed by atoms with Gasteiger partial charge >= 0.3 is 0 Å². The van der Waals surface area contributed by atoms with E-state index in [0.717, 1.165) is 30.4 Å². The molecule has 0 radical (unpaired) electrons. The Hall–Kier alpha value is -1.82. The lowest BCUT2D eigenvalue weighted by atomic mass is 10.0. The van der Waals surface area contributed by atoms with Crippen molar-refractivity contribution in [3.05, 3.63) is 29.8 Å². The summed E-state index contributed by atoms with van der Waals surface area (Å²) in [5.41, 5.74) is 1.31. The lowest BCUT2D eigenvalue weighted by Crippen LogP contribution is -2.21. The molecule has 2 saturated carbocycles. The van der Waals surface area contributed by atoms with E-state index >= 15 is 0 Å². The highest BCUT2D eigenvalue weighted by molar-refractivity contribution is 5.93. The predicted molar refractivity (Wildman–Crippen MR) is 64.1 cm³/mol. The minimum Gasteiger partial charge on any atom is -0.326 e. The number of amides is 1. The third-order valence-corrected chi connectivity index (χ3v) is 3.87. The first-order valence-corrected chi connectivity index (χ1v) is 6.07. The second-order valence-electron chi connectivity index (χ2n) is 5.11. The number of nitrogens with zero attached hydrogens (tertiary/aromatic N) is 1. The van der Waals surface area contributed by atoms with Crippen LogP contribution in [0.5, 0.6) is 0 Å². The van der Waals surface area contributed by atoms with E-state index in [1.54, 1.807) is 18.2 Å². The van der Waals surface area contributed by atoms with Gasteiger partial charge in [0.15, 0.2) is 0 Å². The number of nitriles is 1. The number of nitrogens with one attached hydrogen (secondary N) is 1. The molecule has 0 aliphatic heterocycles. The van der Waals surface area contributed by atoms with Gasteiger partial charge in [-0.25, -0.2) is 0 Å². The minimum absolute atomic E-state index is 0.118. The number of anilines is 1. The molecule has 3 nitrogen and oxygen atoms in total. The van der Waals surface area contributed by atoms with Gasteiger partial charge in [-0.2, -0.15) is 5.26 Å². The molecule has 86 valence electrons. The zero-order chi connectivity index (χ0) is 11.8. The van der Waals surface area contributed by atoms with Crippen molar-refractivity contribution >= 4 is 11.6 Å². The maximum atomic E-state index is 12.0. The van der Waals surface area contributed by atoms with E-state index in [2.05, 4.69) is 11.4 Å². The normalized spacial score (nSPS) is 29.2. The van der Waals surface area contributed by atoms with Gasteiger partial charge in [0.25, 0.3) is 0 Å². The molecule has 0 bridgehead atoms. The maximum Gasteiger partial charge on any atom is 0.227 e. The largest absolute Gasteiger partial charge is 0.326 e. The Balaban J connectivity index is 1.66. The zero-order valence-corrected chi connectivity index (χ0v) is 9.52. The van der Waals surface area contributed by atoms with E-state index in [4.69, 9.17) is 5.26 Å². The van der Waals surface area contributed by atoms with E-state index in [0.29, 0.717) is 5.56 Å². The average molecular weight is 226 g/mol. The first-order chi connectivity index (χ1) is 8.26. The second kappa shape index (κ2) is 3.89. The average Bonchev–Trinajstić information content (AvgIpc) is 2.96. The van der Waals surface area contributed by atoms with Crippen LogP contribution >= 0.6 is 0 Å². The molecule has 2 fully saturated rings. The molecule has 1 aromatic carbocycles. The fraction of sp³-hybridized carbons (Fsp3) is 0.429. The lowest BCUT2D eigenvalue weighted by molar-refractivity contribution is -0.120. The highest BCUT2D eigenvalue weighted by Gasteiger charge is 2.47. The fourth-order valence-electron chi connectivity index (χ4n) is 2.84. The number of fused-ring (bicyclic) bond motifs is 1. The van der Waals surface area contributed by atoms with Crippen molar-refractivity contribution in [2.24, 2.45) is 17.8 Å². The van der Waals surface area contributed by atoms with Gasteiger partial charge in [-0.15, -0.1) is 0 Å². The first-order valence-electron chi connectivity index (χ1n) is 6.07. The Morgan fingerprint density at radius 1 is 1.29 bits per heavy atom. The number of hydrogen-bond acceptors (Lipinski definition) is 2. The molecule has 0 heterocycles. The van der Waals surface area contributed by atoms with Crippen LogP contribution in [0.4, 0.5) is 5.69 Å². The number of carbonyl (C=O) groups excluding carboxylic acids is 1. The number of hydrogen-bond donors (Lipinski definition) is 1. The number of rotatable bonds is 2. The molecule has 3 rings (SSSR count). The summed E-state index contributed by atoms with van der Waals surface area (Å²) in [4.78, 5) is 12.0. The molecule has 0 aromatic heterocycles.